The lowest BCUT2D eigenvalue weighted by molar-refractivity contribution is 0.0989. The summed E-state index contributed by atoms with van der Waals surface area (Å²) < 4.78 is 7.12. The third-order valence-corrected chi connectivity index (χ3v) is 6.24. The van der Waals surface area contributed by atoms with E-state index in [1.807, 2.05) is 37.3 Å². The van der Waals surface area contributed by atoms with E-state index in [9.17, 15) is 4.79 Å². The minimum atomic E-state index is -0.134. The summed E-state index contributed by atoms with van der Waals surface area (Å²) >= 11 is 8.76. The van der Waals surface area contributed by atoms with E-state index in [1.54, 1.807) is 29.4 Å². The summed E-state index contributed by atoms with van der Waals surface area (Å²) in [5, 5.41) is 0.627. The zero-order valence-corrected chi connectivity index (χ0v) is 17.4. The molecule has 5 nitrogen and oxygen atoms in total. The molecule has 0 saturated heterocycles. The molecule has 0 saturated carbocycles. The van der Waals surface area contributed by atoms with Crippen molar-refractivity contribution >= 4 is 55.5 Å². The number of nitrogens with zero attached hydrogens (tertiary/aromatic N) is 3. The third kappa shape index (κ3) is 4.01. The highest BCUT2D eigenvalue weighted by Gasteiger charge is 2.23. The van der Waals surface area contributed by atoms with Crippen LogP contribution < -0.4 is 9.64 Å². The minimum Gasteiger partial charge on any atom is -0.494 e. The molecular weight excluding hydrogens is 414 g/mol. The van der Waals surface area contributed by atoms with Gasteiger partial charge >= 0.3 is 0 Å². The summed E-state index contributed by atoms with van der Waals surface area (Å²) in [6.07, 6.45) is 3.46. The van der Waals surface area contributed by atoms with Crippen LogP contribution in [-0.4, -0.2) is 22.5 Å². The lowest BCUT2D eigenvalue weighted by Gasteiger charge is -2.19. The van der Waals surface area contributed by atoms with E-state index in [2.05, 4.69) is 9.97 Å². The molecule has 4 rings (SSSR count). The Hall–Kier alpha value is -2.48. The predicted octanol–water partition coefficient (Wildman–Crippen LogP) is 5.65. The van der Waals surface area contributed by atoms with Crippen LogP contribution in [0.4, 0.5) is 5.13 Å². The van der Waals surface area contributed by atoms with Crippen LogP contribution in [0.2, 0.25) is 4.34 Å². The van der Waals surface area contributed by atoms with Gasteiger partial charge in [0, 0.05) is 12.4 Å². The lowest BCUT2D eigenvalue weighted by atomic mass is 10.2. The summed E-state index contributed by atoms with van der Waals surface area (Å²) in [7, 11) is 0. The first-order valence-electron chi connectivity index (χ1n) is 8.63. The zero-order valence-electron chi connectivity index (χ0n) is 15.0. The van der Waals surface area contributed by atoms with Crippen LogP contribution >= 0.6 is 34.3 Å². The molecule has 0 N–H and O–H groups in total. The number of thiophene rings is 1. The van der Waals surface area contributed by atoms with Crippen LogP contribution in [-0.2, 0) is 6.54 Å². The molecule has 28 heavy (non-hydrogen) atoms. The SMILES string of the molecule is CCOc1ccc2nc(N(Cc3cccnc3)C(=O)c3ccc(Cl)s3)sc2c1. The quantitative estimate of drug-likeness (QED) is 0.397. The molecule has 0 aliphatic carbocycles. The Kier molecular flexibility index (Phi) is 5.57. The average Bonchev–Trinajstić information content (AvgIpc) is 3.32. The predicted molar refractivity (Wildman–Crippen MR) is 115 cm³/mol. The first-order valence-corrected chi connectivity index (χ1v) is 10.6. The molecule has 142 valence electrons. The Bertz CT molecular complexity index is 1110. The summed E-state index contributed by atoms with van der Waals surface area (Å²) in [4.78, 5) is 24.3. The number of pyridine rings is 1. The summed E-state index contributed by atoms with van der Waals surface area (Å²) in [5.41, 5.74) is 1.75. The van der Waals surface area contributed by atoms with Crippen LogP contribution in [0.5, 0.6) is 5.75 Å². The maximum Gasteiger partial charge on any atom is 0.270 e. The van der Waals surface area contributed by atoms with E-state index < -0.39 is 0 Å². The Labute approximate surface area is 175 Å². The molecule has 0 radical (unpaired) electrons. The van der Waals surface area contributed by atoms with Gasteiger partial charge < -0.3 is 4.74 Å². The number of halogens is 1. The Morgan fingerprint density at radius 3 is 2.82 bits per heavy atom. The lowest BCUT2D eigenvalue weighted by Crippen LogP contribution is -2.29. The first kappa shape index (κ1) is 18.9. The van der Waals surface area contributed by atoms with Crippen molar-refractivity contribution in [1.82, 2.24) is 9.97 Å². The highest BCUT2D eigenvalue weighted by atomic mass is 35.5. The topological polar surface area (TPSA) is 55.3 Å². The minimum absolute atomic E-state index is 0.134. The van der Waals surface area contributed by atoms with Crippen molar-refractivity contribution in [3.8, 4) is 5.75 Å². The standard InChI is InChI=1S/C20H16ClN3O2S2/c1-2-26-14-5-6-15-17(10-14)28-20(23-15)24(12-13-4-3-9-22-11-13)19(25)16-7-8-18(21)27-16/h3-11H,2,12H2,1H3. The number of rotatable bonds is 6. The van der Waals surface area contributed by atoms with Crippen LogP contribution in [0, 0.1) is 0 Å². The van der Waals surface area contributed by atoms with Crippen molar-refractivity contribution in [3.05, 3.63) is 69.6 Å². The van der Waals surface area contributed by atoms with Gasteiger partial charge in [-0.1, -0.05) is 29.0 Å². The van der Waals surface area contributed by atoms with E-state index in [1.165, 1.54) is 22.7 Å². The van der Waals surface area contributed by atoms with Crippen LogP contribution in [0.15, 0.2) is 54.9 Å². The Balaban J connectivity index is 1.73. The van der Waals surface area contributed by atoms with E-state index in [0.717, 1.165) is 21.5 Å². The fraction of sp³-hybridized carbons (Fsp3) is 0.150. The van der Waals surface area contributed by atoms with Crippen molar-refractivity contribution in [3.63, 3.8) is 0 Å². The van der Waals surface area contributed by atoms with Gasteiger partial charge in [-0.15, -0.1) is 11.3 Å². The van der Waals surface area contributed by atoms with Gasteiger partial charge in [-0.3, -0.25) is 14.7 Å². The van der Waals surface area contributed by atoms with Crippen molar-refractivity contribution in [2.75, 3.05) is 11.5 Å². The largest absolute Gasteiger partial charge is 0.494 e. The number of amides is 1. The van der Waals surface area contributed by atoms with Gasteiger partial charge in [0.1, 0.15) is 5.75 Å². The van der Waals surface area contributed by atoms with Crippen molar-refractivity contribution in [2.24, 2.45) is 0 Å². The Morgan fingerprint density at radius 1 is 1.21 bits per heavy atom. The summed E-state index contributed by atoms with van der Waals surface area (Å²) in [6, 6.07) is 13.0. The third-order valence-electron chi connectivity index (χ3n) is 3.98. The van der Waals surface area contributed by atoms with E-state index in [4.69, 9.17) is 16.3 Å². The second-order valence-corrected chi connectivity index (χ2v) is 8.64. The maximum absolute atomic E-state index is 13.2. The van der Waals surface area contributed by atoms with Crippen LogP contribution in [0.3, 0.4) is 0 Å². The first-order chi connectivity index (χ1) is 13.6. The summed E-state index contributed by atoms with van der Waals surface area (Å²) in [6.45, 7) is 2.92. The Morgan fingerprint density at radius 2 is 2.11 bits per heavy atom. The van der Waals surface area contributed by atoms with Crippen molar-refractivity contribution in [2.45, 2.75) is 13.5 Å². The number of hydrogen-bond donors (Lipinski definition) is 0. The smallest absolute Gasteiger partial charge is 0.270 e. The second kappa shape index (κ2) is 8.26. The molecule has 3 heterocycles. The van der Waals surface area contributed by atoms with Gasteiger partial charge in [-0.05, 0) is 48.9 Å². The van der Waals surface area contributed by atoms with Gasteiger partial charge in [0.25, 0.3) is 5.91 Å². The molecule has 0 atom stereocenters. The number of anilines is 1. The molecule has 1 amide bonds. The van der Waals surface area contributed by atoms with E-state index >= 15 is 0 Å². The maximum atomic E-state index is 13.2. The average molecular weight is 430 g/mol. The fourth-order valence-corrected chi connectivity index (χ4v) is 4.71. The highest BCUT2D eigenvalue weighted by Crippen LogP contribution is 2.34. The molecule has 0 aliphatic rings. The van der Waals surface area contributed by atoms with E-state index in [0.29, 0.717) is 27.5 Å². The highest BCUT2D eigenvalue weighted by molar-refractivity contribution is 7.22. The molecule has 4 aromatic rings. The van der Waals surface area contributed by atoms with Gasteiger partial charge in [0.05, 0.1) is 32.6 Å². The van der Waals surface area contributed by atoms with Gasteiger partial charge in [-0.2, -0.15) is 0 Å². The molecule has 3 aromatic heterocycles. The van der Waals surface area contributed by atoms with Crippen LogP contribution in [0.1, 0.15) is 22.2 Å². The van der Waals surface area contributed by atoms with Crippen LogP contribution in [0.25, 0.3) is 10.2 Å². The van der Waals surface area contributed by atoms with Crippen molar-refractivity contribution < 1.29 is 9.53 Å². The fourth-order valence-electron chi connectivity index (χ4n) is 2.73. The molecule has 0 unspecified atom stereocenters. The van der Waals surface area contributed by atoms with E-state index in [-0.39, 0.29) is 5.91 Å². The number of benzene rings is 1. The number of ether oxygens (including phenoxy) is 1. The number of thiazole rings is 1. The molecule has 0 spiro atoms. The van der Waals surface area contributed by atoms with Crippen molar-refractivity contribution in [1.29, 1.82) is 0 Å². The molecule has 1 aromatic carbocycles. The molecular formula is C20H16ClN3O2S2. The molecule has 0 bridgehead atoms. The number of fused-ring (bicyclic) bond motifs is 1. The van der Waals surface area contributed by atoms with Gasteiger partial charge in [-0.25, -0.2) is 4.98 Å². The van der Waals surface area contributed by atoms with Gasteiger partial charge in [0.15, 0.2) is 5.13 Å². The van der Waals surface area contributed by atoms with Gasteiger partial charge in [0.2, 0.25) is 0 Å². The molecule has 0 aliphatic heterocycles. The molecule has 0 fully saturated rings. The number of hydrogen-bond acceptors (Lipinski definition) is 6. The number of carbonyl (C=O) groups is 1. The monoisotopic (exact) mass is 429 g/mol. The summed E-state index contributed by atoms with van der Waals surface area (Å²) in [5.74, 6) is 0.658. The number of aromatic nitrogens is 2. The molecule has 8 heteroatoms. The zero-order chi connectivity index (χ0) is 19.5. The second-order valence-electron chi connectivity index (χ2n) is 5.92. The normalized spacial score (nSPS) is 10.9. The number of carbonyl (C=O) groups excluding carboxylic acids is 1.